The molecule has 1 heterocycles. The Bertz CT molecular complexity index is 620. The smallest absolute Gasteiger partial charge is 0.399 e. The van der Waals surface area contributed by atoms with Gasteiger partial charge in [-0.15, -0.1) is 0 Å². The maximum Gasteiger partial charge on any atom is 0.494 e. The van der Waals surface area contributed by atoms with Crippen LogP contribution in [0.2, 0.25) is 0 Å². The lowest BCUT2D eigenvalue weighted by atomic mass is 9.77. The summed E-state index contributed by atoms with van der Waals surface area (Å²) in [5, 5.41) is 8.07. The Morgan fingerprint density at radius 1 is 1.17 bits per heavy atom. The second-order valence-electron chi connectivity index (χ2n) is 7.08. The van der Waals surface area contributed by atoms with Gasteiger partial charge in [-0.1, -0.05) is 31.2 Å². The van der Waals surface area contributed by atoms with E-state index in [9.17, 15) is 0 Å². The van der Waals surface area contributed by atoms with E-state index in [4.69, 9.17) is 26.2 Å². The fraction of sp³-hybridized carbons (Fsp3) is 0.471. The predicted octanol–water partition coefficient (Wildman–Crippen LogP) is 1.87. The molecule has 5 nitrogen and oxygen atoms in total. The summed E-state index contributed by atoms with van der Waals surface area (Å²) >= 11 is 0. The van der Waals surface area contributed by atoms with Crippen molar-refractivity contribution >= 4 is 18.3 Å². The number of benzene rings is 1. The highest BCUT2D eigenvalue weighted by atomic mass is 16.7. The Morgan fingerprint density at radius 2 is 1.74 bits per heavy atom. The number of hydrogen-bond donors (Lipinski definition) is 3. The maximum atomic E-state index is 8.07. The molecule has 1 aliphatic heterocycles. The van der Waals surface area contributed by atoms with E-state index < -0.39 is 7.12 Å². The second-order valence-corrected chi connectivity index (χ2v) is 7.08. The maximum absolute atomic E-state index is 8.07. The highest BCUT2D eigenvalue weighted by Gasteiger charge is 2.51. The number of nitrogens with one attached hydrogen (secondary N) is 1. The Balaban J connectivity index is 2.25. The second kappa shape index (κ2) is 6.02. The summed E-state index contributed by atoms with van der Waals surface area (Å²) in [6.45, 7) is 10.1. The summed E-state index contributed by atoms with van der Waals surface area (Å²) < 4.78 is 12.2. The van der Waals surface area contributed by atoms with E-state index in [0.717, 1.165) is 11.0 Å². The van der Waals surface area contributed by atoms with E-state index in [1.807, 2.05) is 58.9 Å². The average molecular weight is 315 g/mol. The lowest BCUT2D eigenvalue weighted by molar-refractivity contribution is 0.00578. The first kappa shape index (κ1) is 17.6. The van der Waals surface area contributed by atoms with Gasteiger partial charge in [0.2, 0.25) is 0 Å². The van der Waals surface area contributed by atoms with Gasteiger partial charge >= 0.3 is 7.12 Å². The largest absolute Gasteiger partial charge is 0.494 e. The molecule has 2 rings (SSSR count). The molecule has 0 bridgehead atoms. The number of rotatable bonds is 4. The van der Waals surface area contributed by atoms with Crippen molar-refractivity contribution in [1.29, 1.82) is 5.41 Å². The van der Waals surface area contributed by atoms with Gasteiger partial charge in [-0.3, -0.25) is 0 Å². The minimum atomic E-state index is -0.406. The van der Waals surface area contributed by atoms with Gasteiger partial charge in [-0.2, -0.15) is 0 Å². The lowest BCUT2D eigenvalue weighted by Crippen LogP contribution is -2.41. The third-order valence-corrected chi connectivity index (χ3v) is 4.72. The monoisotopic (exact) mass is 315 g/mol. The van der Waals surface area contributed by atoms with Crippen molar-refractivity contribution in [1.82, 2.24) is 0 Å². The third kappa shape index (κ3) is 3.59. The van der Waals surface area contributed by atoms with Crippen molar-refractivity contribution in [2.75, 3.05) is 0 Å². The van der Waals surface area contributed by atoms with E-state index in [1.54, 1.807) is 0 Å². The summed E-state index contributed by atoms with van der Waals surface area (Å²) in [5.74, 6) is 0.0310. The van der Waals surface area contributed by atoms with Crippen LogP contribution in [-0.4, -0.2) is 24.0 Å². The molecular weight excluding hydrogens is 289 g/mol. The fourth-order valence-corrected chi connectivity index (χ4v) is 2.44. The molecule has 1 aliphatic rings. The first-order valence-electron chi connectivity index (χ1n) is 7.80. The predicted molar refractivity (Wildman–Crippen MR) is 94.8 cm³/mol. The Labute approximate surface area is 138 Å². The highest BCUT2D eigenvalue weighted by Crippen LogP contribution is 2.36. The van der Waals surface area contributed by atoms with Crippen molar-refractivity contribution in [3.8, 4) is 0 Å². The van der Waals surface area contributed by atoms with Crippen molar-refractivity contribution in [2.45, 2.75) is 51.7 Å². The molecule has 1 aromatic carbocycles. The normalized spacial score (nSPS) is 20.1. The summed E-state index contributed by atoms with van der Waals surface area (Å²) in [6.07, 6.45) is 1.48. The van der Waals surface area contributed by atoms with Gasteiger partial charge in [-0.05, 0) is 44.8 Å². The Hall–Kier alpha value is -1.79. The molecule has 0 radical (unpaired) electrons. The van der Waals surface area contributed by atoms with Gasteiger partial charge in [-0.25, -0.2) is 0 Å². The van der Waals surface area contributed by atoms with Crippen molar-refractivity contribution in [3.05, 3.63) is 41.7 Å². The zero-order valence-corrected chi connectivity index (χ0v) is 14.5. The van der Waals surface area contributed by atoms with Crippen LogP contribution in [0.3, 0.4) is 0 Å². The van der Waals surface area contributed by atoms with Crippen LogP contribution in [0, 0.1) is 5.41 Å². The summed E-state index contributed by atoms with van der Waals surface area (Å²) in [6, 6.07) is 7.93. The van der Waals surface area contributed by atoms with Crippen LogP contribution >= 0.6 is 0 Å². The van der Waals surface area contributed by atoms with Gasteiger partial charge < -0.3 is 26.2 Å². The zero-order chi connectivity index (χ0) is 17.4. The molecule has 23 heavy (non-hydrogen) atoms. The van der Waals surface area contributed by atoms with E-state index in [1.165, 1.54) is 6.08 Å². The number of nitrogens with two attached hydrogens (primary N) is 2. The van der Waals surface area contributed by atoms with Crippen LogP contribution in [-0.2, 0) is 9.31 Å². The Kier molecular flexibility index (Phi) is 4.60. The van der Waals surface area contributed by atoms with Gasteiger partial charge in [0.15, 0.2) is 0 Å². The summed E-state index contributed by atoms with van der Waals surface area (Å²) in [4.78, 5) is 0. The Morgan fingerprint density at radius 3 is 2.26 bits per heavy atom. The first-order chi connectivity index (χ1) is 10.5. The lowest BCUT2D eigenvalue weighted by Gasteiger charge is -2.32. The first-order valence-corrected chi connectivity index (χ1v) is 7.80. The van der Waals surface area contributed by atoms with E-state index in [0.29, 0.717) is 5.71 Å². The van der Waals surface area contributed by atoms with Crippen LogP contribution in [0.1, 0.15) is 46.1 Å². The number of allylic oxidation sites excluding steroid dienone is 1. The van der Waals surface area contributed by atoms with Gasteiger partial charge in [0.1, 0.15) is 0 Å². The van der Waals surface area contributed by atoms with Gasteiger partial charge in [0.25, 0.3) is 0 Å². The minimum absolute atomic E-state index is 0.112. The standard InChI is InChI=1S/C17H26BN3O2/c1-11(14(19)10-15(20)21)12-7-6-8-13(9-12)18-22-16(2,3)17(4,5)23-18/h6-11,19H,20-21H2,1-5H3. The van der Waals surface area contributed by atoms with E-state index >= 15 is 0 Å². The van der Waals surface area contributed by atoms with Crippen LogP contribution < -0.4 is 16.9 Å². The van der Waals surface area contributed by atoms with Gasteiger partial charge in [0.05, 0.1) is 17.0 Å². The minimum Gasteiger partial charge on any atom is -0.399 e. The molecule has 0 aromatic heterocycles. The van der Waals surface area contributed by atoms with Crippen LogP contribution in [0.25, 0.3) is 0 Å². The quantitative estimate of drug-likeness (QED) is 0.584. The molecule has 1 saturated heterocycles. The molecule has 1 fully saturated rings. The van der Waals surface area contributed by atoms with Crippen LogP contribution in [0.15, 0.2) is 36.2 Å². The van der Waals surface area contributed by atoms with Crippen LogP contribution in [0.5, 0.6) is 0 Å². The highest BCUT2D eigenvalue weighted by molar-refractivity contribution is 6.62. The SMILES string of the molecule is CC(C(=N)C=C(N)N)c1cccc(B2OC(C)(C)C(C)(C)O2)c1. The van der Waals surface area contributed by atoms with Crippen molar-refractivity contribution in [2.24, 2.45) is 11.5 Å². The van der Waals surface area contributed by atoms with E-state index in [-0.39, 0.29) is 22.9 Å². The average Bonchev–Trinajstić information content (AvgIpc) is 2.66. The molecule has 124 valence electrons. The van der Waals surface area contributed by atoms with E-state index in [2.05, 4.69) is 0 Å². The summed E-state index contributed by atoms with van der Waals surface area (Å²) in [5.41, 5.74) is 12.5. The third-order valence-electron chi connectivity index (χ3n) is 4.72. The topological polar surface area (TPSA) is 94.4 Å². The zero-order valence-electron chi connectivity index (χ0n) is 14.5. The molecule has 0 saturated carbocycles. The molecule has 0 aliphatic carbocycles. The van der Waals surface area contributed by atoms with Crippen LogP contribution in [0.4, 0.5) is 0 Å². The molecule has 1 aromatic rings. The molecule has 0 amide bonds. The molecule has 5 N–H and O–H groups in total. The molecule has 6 heteroatoms. The molecule has 0 spiro atoms. The van der Waals surface area contributed by atoms with Crippen molar-refractivity contribution < 1.29 is 9.31 Å². The fourth-order valence-electron chi connectivity index (χ4n) is 2.44. The van der Waals surface area contributed by atoms with Crippen molar-refractivity contribution in [3.63, 3.8) is 0 Å². The molecular formula is C17H26BN3O2. The summed E-state index contributed by atoms with van der Waals surface area (Å²) in [7, 11) is -0.406. The molecule has 1 unspecified atom stereocenters. The molecule has 1 atom stereocenters. The number of hydrogen-bond acceptors (Lipinski definition) is 5. The van der Waals surface area contributed by atoms with Gasteiger partial charge in [0, 0.05) is 11.6 Å².